The zero-order valence-electron chi connectivity index (χ0n) is 9.20. The number of carbonyl (C=O) groups is 1. The fourth-order valence-electron chi connectivity index (χ4n) is 1.70. The molecule has 0 aromatic heterocycles. The molecule has 84 valence electrons. The number of aliphatic carboxylic acids is 1. The summed E-state index contributed by atoms with van der Waals surface area (Å²) in [6.07, 6.45) is 0.912. The number of hydrogen-bond donors (Lipinski definition) is 1. The second kappa shape index (κ2) is 6.44. The average molecular weight is 210 g/mol. The third kappa shape index (κ3) is 4.82. The zero-order valence-corrected chi connectivity index (χ0v) is 9.20. The molecule has 0 saturated carbocycles. The van der Waals surface area contributed by atoms with Gasteiger partial charge in [-0.15, -0.1) is 11.8 Å². The Bertz CT molecular complexity index is 259. The van der Waals surface area contributed by atoms with Gasteiger partial charge in [-0.3, -0.25) is 14.6 Å². The summed E-state index contributed by atoms with van der Waals surface area (Å²) in [5.74, 6) is 5.18. The van der Waals surface area contributed by atoms with E-state index >= 15 is 0 Å². The highest BCUT2D eigenvalue weighted by molar-refractivity contribution is 5.69. The average Bonchev–Trinajstić information content (AvgIpc) is 2.20. The van der Waals surface area contributed by atoms with E-state index in [-0.39, 0.29) is 6.54 Å². The van der Waals surface area contributed by atoms with Gasteiger partial charge in [-0.1, -0.05) is 0 Å². The predicted molar refractivity (Wildman–Crippen MR) is 58.6 cm³/mol. The molecular formula is C11H18N2O2. The van der Waals surface area contributed by atoms with Gasteiger partial charge in [-0.25, -0.2) is 0 Å². The molecule has 0 atom stereocenters. The van der Waals surface area contributed by atoms with Crippen molar-refractivity contribution in [2.24, 2.45) is 0 Å². The van der Waals surface area contributed by atoms with Crippen LogP contribution < -0.4 is 0 Å². The van der Waals surface area contributed by atoms with Crippen molar-refractivity contribution in [2.45, 2.75) is 13.3 Å². The summed E-state index contributed by atoms with van der Waals surface area (Å²) in [4.78, 5) is 14.8. The van der Waals surface area contributed by atoms with Crippen LogP contribution in [0.3, 0.4) is 0 Å². The standard InChI is InChI=1S/C11H18N2O2/c1-2-3-4-5-12-6-8-13(9-7-12)10-11(14)15/h4-10H2,1H3,(H,14,15). The minimum Gasteiger partial charge on any atom is -0.480 e. The highest BCUT2D eigenvalue weighted by atomic mass is 16.4. The second-order valence-electron chi connectivity index (χ2n) is 3.69. The molecule has 0 spiro atoms. The monoisotopic (exact) mass is 210 g/mol. The van der Waals surface area contributed by atoms with E-state index in [1.54, 1.807) is 0 Å². The van der Waals surface area contributed by atoms with Gasteiger partial charge >= 0.3 is 5.97 Å². The lowest BCUT2D eigenvalue weighted by atomic mass is 10.3. The van der Waals surface area contributed by atoms with Crippen LogP contribution in [0.15, 0.2) is 0 Å². The summed E-state index contributed by atoms with van der Waals surface area (Å²) >= 11 is 0. The van der Waals surface area contributed by atoms with Gasteiger partial charge in [0.15, 0.2) is 0 Å². The quantitative estimate of drug-likeness (QED) is 0.668. The first kappa shape index (κ1) is 12.0. The Morgan fingerprint density at radius 2 is 1.87 bits per heavy atom. The smallest absolute Gasteiger partial charge is 0.317 e. The van der Waals surface area contributed by atoms with Crippen molar-refractivity contribution in [3.63, 3.8) is 0 Å². The fourth-order valence-corrected chi connectivity index (χ4v) is 1.70. The van der Waals surface area contributed by atoms with Gasteiger partial charge in [0.25, 0.3) is 0 Å². The van der Waals surface area contributed by atoms with Gasteiger partial charge in [-0.2, -0.15) is 0 Å². The van der Waals surface area contributed by atoms with E-state index in [1.807, 2.05) is 11.8 Å². The molecule has 0 amide bonds. The van der Waals surface area contributed by atoms with Crippen LogP contribution in [0.25, 0.3) is 0 Å². The van der Waals surface area contributed by atoms with Crippen molar-refractivity contribution in [3.8, 4) is 11.8 Å². The molecule has 1 saturated heterocycles. The molecule has 0 aromatic carbocycles. The Balaban J connectivity index is 2.17. The van der Waals surface area contributed by atoms with Gasteiger partial charge in [0, 0.05) is 39.1 Å². The van der Waals surface area contributed by atoms with Crippen molar-refractivity contribution in [2.75, 3.05) is 39.3 Å². The number of carboxylic acid groups (broad SMARTS) is 1. The third-order valence-corrected chi connectivity index (χ3v) is 2.55. The Labute approximate surface area is 90.9 Å². The zero-order chi connectivity index (χ0) is 11.1. The summed E-state index contributed by atoms with van der Waals surface area (Å²) in [5, 5.41) is 8.63. The summed E-state index contributed by atoms with van der Waals surface area (Å²) in [5.41, 5.74) is 0. The fraction of sp³-hybridized carbons (Fsp3) is 0.727. The first-order valence-corrected chi connectivity index (χ1v) is 5.28. The highest BCUT2D eigenvalue weighted by Gasteiger charge is 2.17. The minimum absolute atomic E-state index is 0.169. The SMILES string of the molecule is CC#CCCN1CCN(CC(=O)O)CC1. The van der Waals surface area contributed by atoms with E-state index in [0.29, 0.717) is 0 Å². The van der Waals surface area contributed by atoms with Crippen molar-refractivity contribution in [1.82, 2.24) is 9.80 Å². The molecule has 0 aromatic rings. The lowest BCUT2D eigenvalue weighted by Crippen LogP contribution is -2.47. The number of piperazine rings is 1. The number of carboxylic acids is 1. The van der Waals surface area contributed by atoms with Gasteiger partial charge in [0.05, 0.1) is 6.54 Å². The molecule has 1 rings (SSSR count). The Morgan fingerprint density at radius 1 is 1.27 bits per heavy atom. The van der Waals surface area contributed by atoms with E-state index in [1.165, 1.54) is 0 Å². The van der Waals surface area contributed by atoms with Crippen LogP contribution in [0.4, 0.5) is 0 Å². The molecule has 1 aliphatic heterocycles. The first-order chi connectivity index (χ1) is 7.22. The van der Waals surface area contributed by atoms with Crippen LogP contribution in [0.1, 0.15) is 13.3 Å². The highest BCUT2D eigenvalue weighted by Crippen LogP contribution is 2.01. The molecular weight excluding hydrogens is 192 g/mol. The molecule has 4 nitrogen and oxygen atoms in total. The topological polar surface area (TPSA) is 43.8 Å². The van der Waals surface area contributed by atoms with Gasteiger partial charge in [0.2, 0.25) is 0 Å². The van der Waals surface area contributed by atoms with E-state index in [9.17, 15) is 4.79 Å². The maximum atomic E-state index is 10.5. The maximum Gasteiger partial charge on any atom is 0.317 e. The lowest BCUT2D eigenvalue weighted by Gasteiger charge is -2.33. The largest absolute Gasteiger partial charge is 0.480 e. The summed E-state index contributed by atoms with van der Waals surface area (Å²) in [6, 6.07) is 0. The Kier molecular flexibility index (Phi) is 5.16. The summed E-state index contributed by atoms with van der Waals surface area (Å²) < 4.78 is 0. The second-order valence-corrected chi connectivity index (χ2v) is 3.69. The Morgan fingerprint density at radius 3 is 2.40 bits per heavy atom. The van der Waals surface area contributed by atoms with Crippen LogP contribution in [0.5, 0.6) is 0 Å². The van der Waals surface area contributed by atoms with Crippen LogP contribution in [0, 0.1) is 11.8 Å². The normalized spacial score (nSPS) is 18.2. The van der Waals surface area contributed by atoms with Crippen molar-refractivity contribution < 1.29 is 9.90 Å². The van der Waals surface area contributed by atoms with Crippen LogP contribution in [-0.4, -0.2) is 60.1 Å². The molecule has 1 fully saturated rings. The summed E-state index contributed by atoms with van der Waals surface area (Å²) in [6.45, 7) is 6.64. The van der Waals surface area contributed by atoms with E-state index in [4.69, 9.17) is 5.11 Å². The third-order valence-electron chi connectivity index (χ3n) is 2.55. The van der Waals surface area contributed by atoms with Crippen LogP contribution in [0.2, 0.25) is 0 Å². The lowest BCUT2D eigenvalue weighted by molar-refractivity contribution is -0.138. The van der Waals surface area contributed by atoms with Crippen LogP contribution in [-0.2, 0) is 4.79 Å². The van der Waals surface area contributed by atoms with E-state index in [0.717, 1.165) is 39.1 Å². The van der Waals surface area contributed by atoms with Gasteiger partial charge < -0.3 is 5.11 Å². The first-order valence-electron chi connectivity index (χ1n) is 5.28. The summed E-state index contributed by atoms with van der Waals surface area (Å²) in [7, 11) is 0. The maximum absolute atomic E-state index is 10.5. The number of rotatable bonds is 4. The predicted octanol–water partition coefficient (Wildman–Crippen LogP) is 0.102. The number of nitrogens with zero attached hydrogens (tertiary/aromatic N) is 2. The van der Waals surface area contributed by atoms with Crippen molar-refractivity contribution in [3.05, 3.63) is 0 Å². The molecule has 1 aliphatic rings. The molecule has 15 heavy (non-hydrogen) atoms. The van der Waals surface area contributed by atoms with Gasteiger partial charge in [0.1, 0.15) is 0 Å². The molecule has 1 heterocycles. The van der Waals surface area contributed by atoms with Gasteiger partial charge in [-0.05, 0) is 6.92 Å². The Hall–Kier alpha value is -1.05. The molecule has 0 aliphatic carbocycles. The molecule has 1 N–H and O–H groups in total. The number of hydrogen-bond acceptors (Lipinski definition) is 3. The van der Waals surface area contributed by atoms with Crippen LogP contribution >= 0.6 is 0 Å². The minimum atomic E-state index is -0.736. The van der Waals surface area contributed by atoms with E-state index < -0.39 is 5.97 Å². The molecule has 0 radical (unpaired) electrons. The molecule has 0 unspecified atom stereocenters. The van der Waals surface area contributed by atoms with Crippen molar-refractivity contribution >= 4 is 5.97 Å². The molecule has 4 heteroatoms. The van der Waals surface area contributed by atoms with E-state index in [2.05, 4.69) is 16.7 Å². The van der Waals surface area contributed by atoms with Crippen molar-refractivity contribution in [1.29, 1.82) is 0 Å². The molecule has 0 bridgehead atoms.